The molecule has 3 rings (SSSR count). The Labute approximate surface area is 188 Å². The van der Waals surface area contributed by atoms with Gasteiger partial charge in [0.15, 0.2) is 9.84 Å². The van der Waals surface area contributed by atoms with E-state index in [1.807, 2.05) is 26.2 Å². The second kappa shape index (κ2) is 8.88. The van der Waals surface area contributed by atoms with Crippen molar-refractivity contribution in [1.82, 2.24) is 9.88 Å². The number of piperidine rings is 1. The van der Waals surface area contributed by atoms with E-state index >= 15 is 0 Å². The molecule has 1 aromatic heterocycles. The van der Waals surface area contributed by atoms with E-state index in [-0.39, 0.29) is 11.3 Å². The first kappa shape index (κ1) is 23.1. The van der Waals surface area contributed by atoms with Crippen LogP contribution in [0.4, 0.5) is 4.79 Å². The number of carbonyl (C=O) groups excluding carboxylic acids is 1. The molecule has 0 bridgehead atoms. The molecular weight excluding hydrogens is 440 g/mol. The predicted octanol–water partition coefficient (Wildman–Crippen LogP) is 4.68. The number of hydrogen-bond donors (Lipinski definition) is 1. The van der Waals surface area contributed by atoms with E-state index < -0.39 is 15.4 Å². The summed E-state index contributed by atoms with van der Waals surface area (Å²) in [7, 11) is -3.22. The Morgan fingerprint density at radius 1 is 1.23 bits per heavy atom. The van der Waals surface area contributed by atoms with Crippen molar-refractivity contribution in [3.63, 3.8) is 0 Å². The molecule has 1 aromatic carbocycles. The number of sulfone groups is 1. The maximum absolute atomic E-state index is 12.2. The molecule has 1 aliphatic rings. The van der Waals surface area contributed by atoms with Crippen LogP contribution in [0, 0.1) is 0 Å². The summed E-state index contributed by atoms with van der Waals surface area (Å²) in [4.78, 5) is 19.1. The normalized spacial score (nSPS) is 17.0. The summed E-state index contributed by atoms with van der Waals surface area (Å²) < 4.78 is 28.7. The van der Waals surface area contributed by atoms with Crippen molar-refractivity contribution in [2.75, 3.05) is 19.3 Å². The third-order valence-electron chi connectivity index (χ3n) is 4.94. The van der Waals surface area contributed by atoms with Gasteiger partial charge in [-0.1, -0.05) is 12.1 Å². The smallest absolute Gasteiger partial charge is 0.410 e. The van der Waals surface area contributed by atoms with Crippen LogP contribution in [0.5, 0.6) is 0 Å². The summed E-state index contributed by atoms with van der Waals surface area (Å²) in [6.45, 7) is 6.93. The molecule has 1 amide bonds. The highest BCUT2D eigenvalue weighted by molar-refractivity contribution is 7.90. The Morgan fingerprint density at radius 2 is 1.83 bits per heavy atom. The van der Waals surface area contributed by atoms with Crippen LogP contribution in [-0.4, -0.2) is 49.3 Å². The minimum atomic E-state index is -3.22. The molecule has 1 atom stereocenters. The van der Waals surface area contributed by atoms with E-state index in [4.69, 9.17) is 22.3 Å². The predicted molar refractivity (Wildman–Crippen MR) is 122 cm³/mol. The van der Waals surface area contributed by atoms with Gasteiger partial charge in [0.25, 0.3) is 0 Å². The van der Waals surface area contributed by atoms with Crippen molar-refractivity contribution in [2.45, 2.75) is 55.3 Å². The van der Waals surface area contributed by atoms with E-state index in [0.717, 1.165) is 29.1 Å². The van der Waals surface area contributed by atoms with Gasteiger partial charge in [-0.3, -0.25) is 0 Å². The van der Waals surface area contributed by atoms with Crippen molar-refractivity contribution >= 4 is 39.9 Å². The van der Waals surface area contributed by atoms with Gasteiger partial charge in [0, 0.05) is 30.6 Å². The fourth-order valence-corrected chi connectivity index (χ4v) is 5.37. The minimum absolute atomic E-state index is 0.217. The molecule has 1 aliphatic heterocycles. The van der Waals surface area contributed by atoms with Crippen molar-refractivity contribution < 1.29 is 17.9 Å². The van der Waals surface area contributed by atoms with Gasteiger partial charge in [-0.05, 0) is 51.3 Å². The van der Waals surface area contributed by atoms with Gasteiger partial charge in [-0.15, -0.1) is 11.3 Å². The van der Waals surface area contributed by atoms with E-state index in [2.05, 4.69) is 0 Å². The van der Waals surface area contributed by atoms with E-state index in [1.54, 1.807) is 40.5 Å². The average Bonchev–Trinajstić information content (AvgIpc) is 3.16. The maximum Gasteiger partial charge on any atom is 0.410 e. The maximum atomic E-state index is 12.2. The van der Waals surface area contributed by atoms with Crippen LogP contribution in [0.15, 0.2) is 34.5 Å². The first-order chi connectivity index (χ1) is 13.9. The van der Waals surface area contributed by atoms with Crippen molar-refractivity contribution in [3.8, 4) is 0 Å². The number of rotatable bonds is 4. The zero-order valence-electron chi connectivity index (χ0n) is 17.7. The molecule has 2 heterocycles. The van der Waals surface area contributed by atoms with Crippen LogP contribution in [-0.2, 0) is 14.6 Å². The second-order valence-corrected chi connectivity index (χ2v) is 12.0. The van der Waals surface area contributed by atoms with Gasteiger partial charge >= 0.3 is 6.09 Å². The van der Waals surface area contributed by atoms with Crippen LogP contribution in [0.2, 0.25) is 0 Å². The van der Waals surface area contributed by atoms with Crippen molar-refractivity contribution in [2.24, 2.45) is 0 Å². The van der Waals surface area contributed by atoms with Crippen LogP contribution in [0.3, 0.4) is 0 Å². The number of hydrogen-bond acceptors (Lipinski definition) is 7. The molecule has 1 unspecified atom stereocenters. The number of aromatic nitrogens is 1. The third-order valence-corrected chi connectivity index (χ3v) is 7.66. The van der Waals surface area contributed by atoms with Crippen molar-refractivity contribution in [1.29, 1.82) is 0 Å². The lowest BCUT2D eigenvalue weighted by atomic mass is 9.98. The number of thiol groups is 1. The van der Waals surface area contributed by atoms with Crippen LogP contribution in [0.1, 0.15) is 61.0 Å². The SMILES string of the molecule is CC(C)(C)OC(=O)N1CCC(c2nc(C(S)c3ccc(S(C)(=O)=O)cc3)cs2)CC1. The molecule has 0 radical (unpaired) electrons. The molecule has 1 saturated heterocycles. The quantitative estimate of drug-likeness (QED) is 0.660. The number of benzene rings is 1. The lowest BCUT2D eigenvalue weighted by molar-refractivity contribution is 0.0204. The van der Waals surface area contributed by atoms with Crippen LogP contribution >= 0.6 is 24.0 Å². The van der Waals surface area contributed by atoms with Crippen LogP contribution in [0.25, 0.3) is 0 Å². The number of nitrogens with zero attached hydrogens (tertiary/aromatic N) is 2. The van der Waals surface area contributed by atoms with Gasteiger partial charge in [-0.25, -0.2) is 18.2 Å². The number of thiazole rings is 1. The summed E-state index contributed by atoms with van der Waals surface area (Å²) in [5.74, 6) is 0.315. The van der Waals surface area contributed by atoms with Gasteiger partial charge in [0.1, 0.15) is 5.60 Å². The highest BCUT2D eigenvalue weighted by Gasteiger charge is 2.29. The molecule has 0 spiro atoms. The Kier molecular flexibility index (Phi) is 6.84. The first-order valence-corrected chi connectivity index (χ1v) is 13.1. The summed E-state index contributed by atoms with van der Waals surface area (Å²) in [6, 6.07) is 6.78. The van der Waals surface area contributed by atoms with Gasteiger partial charge in [0.05, 0.1) is 20.8 Å². The molecule has 6 nitrogen and oxygen atoms in total. The van der Waals surface area contributed by atoms with Gasteiger partial charge in [0.2, 0.25) is 0 Å². The Bertz CT molecular complexity index is 986. The van der Waals surface area contributed by atoms with E-state index in [9.17, 15) is 13.2 Å². The highest BCUT2D eigenvalue weighted by atomic mass is 32.2. The number of amides is 1. The lowest BCUT2D eigenvalue weighted by Crippen LogP contribution is -2.41. The van der Waals surface area contributed by atoms with Gasteiger partial charge < -0.3 is 9.64 Å². The standard InChI is InChI=1S/C21H28N2O4S3/c1-21(2,3)27-20(24)23-11-9-15(10-12-23)19-22-17(13-29-19)18(28)14-5-7-16(8-6-14)30(4,25)26/h5-8,13,15,18,28H,9-12H2,1-4H3. The Hall–Kier alpha value is -1.58. The monoisotopic (exact) mass is 468 g/mol. The van der Waals surface area contributed by atoms with E-state index in [1.165, 1.54) is 6.26 Å². The second-order valence-electron chi connectivity index (χ2n) is 8.60. The molecule has 0 aliphatic carbocycles. The minimum Gasteiger partial charge on any atom is -0.444 e. The summed E-state index contributed by atoms with van der Waals surface area (Å²) >= 11 is 6.31. The van der Waals surface area contributed by atoms with Crippen molar-refractivity contribution in [3.05, 3.63) is 45.9 Å². The Morgan fingerprint density at radius 3 is 2.37 bits per heavy atom. The fraction of sp³-hybridized carbons (Fsp3) is 0.524. The molecule has 2 aromatic rings. The molecule has 1 fully saturated rings. The molecular formula is C21H28N2O4S3. The zero-order valence-corrected chi connectivity index (χ0v) is 20.2. The first-order valence-electron chi connectivity index (χ1n) is 9.85. The topological polar surface area (TPSA) is 76.6 Å². The summed E-state index contributed by atoms with van der Waals surface area (Å²) in [6.07, 6.45) is 2.65. The molecule has 164 valence electrons. The van der Waals surface area contributed by atoms with Gasteiger partial charge in [-0.2, -0.15) is 12.6 Å². The number of carbonyl (C=O) groups is 1. The molecule has 0 N–H and O–H groups in total. The summed E-state index contributed by atoms with van der Waals surface area (Å²) in [5, 5.41) is 2.85. The average molecular weight is 469 g/mol. The zero-order chi connectivity index (χ0) is 22.1. The lowest BCUT2D eigenvalue weighted by Gasteiger charge is -2.32. The fourth-order valence-electron chi connectivity index (χ4n) is 3.32. The largest absolute Gasteiger partial charge is 0.444 e. The summed E-state index contributed by atoms with van der Waals surface area (Å²) in [5.41, 5.74) is 1.28. The Balaban J connectivity index is 1.62. The van der Waals surface area contributed by atoms with E-state index in [0.29, 0.717) is 23.9 Å². The molecule has 0 saturated carbocycles. The van der Waals surface area contributed by atoms with Crippen LogP contribution < -0.4 is 0 Å². The highest BCUT2D eigenvalue weighted by Crippen LogP contribution is 2.35. The number of ether oxygens (including phenoxy) is 1. The number of likely N-dealkylation sites (tertiary alicyclic amines) is 1. The third kappa shape index (κ3) is 5.76. The molecule has 30 heavy (non-hydrogen) atoms. The molecule has 9 heteroatoms.